The zero-order chi connectivity index (χ0) is 18.1. The van der Waals surface area contributed by atoms with Crippen molar-refractivity contribution in [3.05, 3.63) is 34.9 Å². The van der Waals surface area contributed by atoms with Crippen LogP contribution in [0.3, 0.4) is 0 Å². The second kappa shape index (κ2) is 6.83. The molecular formula is C17H20F3NO3. The van der Waals surface area contributed by atoms with Gasteiger partial charge in [0.2, 0.25) is 5.91 Å². The van der Waals surface area contributed by atoms with Crippen LogP contribution in [0.25, 0.3) is 0 Å². The Labute approximate surface area is 138 Å². The number of halogens is 3. The van der Waals surface area contributed by atoms with Crippen LogP contribution in [0.2, 0.25) is 0 Å². The van der Waals surface area contributed by atoms with Gasteiger partial charge in [0, 0.05) is 19.0 Å². The first-order chi connectivity index (χ1) is 11.1. The van der Waals surface area contributed by atoms with Crippen LogP contribution in [0, 0.1) is 5.92 Å². The lowest BCUT2D eigenvalue weighted by Gasteiger charge is -2.33. The molecular weight excluding hydrogens is 323 g/mol. The molecule has 0 aliphatic carbocycles. The van der Waals surface area contributed by atoms with Gasteiger partial charge in [0.1, 0.15) is 0 Å². The van der Waals surface area contributed by atoms with Gasteiger partial charge in [-0.15, -0.1) is 0 Å². The van der Waals surface area contributed by atoms with Gasteiger partial charge in [0.25, 0.3) is 0 Å². The second-order valence-corrected chi connectivity index (χ2v) is 6.36. The van der Waals surface area contributed by atoms with E-state index >= 15 is 0 Å². The van der Waals surface area contributed by atoms with Crippen molar-refractivity contribution in [2.75, 3.05) is 13.1 Å². The van der Waals surface area contributed by atoms with Crippen LogP contribution in [-0.4, -0.2) is 35.0 Å². The van der Waals surface area contributed by atoms with Crippen molar-refractivity contribution in [1.82, 2.24) is 4.90 Å². The van der Waals surface area contributed by atoms with Crippen LogP contribution in [-0.2, 0) is 11.0 Å². The standard InChI is InChI=1S/C17H20F3NO3/c1-10(2)15(22)21-7-5-11(6-8-21)12-3-4-13(16(23)24)14(9-12)17(18,19)20/h3-4,9-11H,5-8H2,1-2H3,(H,23,24). The van der Waals surface area contributed by atoms with Gasteiger partial charge in [0.05, 0.1) is 11.1 Å². The van der Waals surface area contributed by atoms with Crippen LogP contribution in [0.4, 0.5) is 13.2 Å². The Kier molecular flexibility index (Phi) is 5.20. The minimum atomic E-state index is -4.71. The number of carboxylic acid groups (broad SMARTS) is 1. The molecule has 1 fully saturated rings. The Morgan fingerprint density at radius 2 is 1.79 bits per heavy atom. The summed E-state index contributed by atoms with van der Waals surface area (Å²) in [5.41, 5.74) is -1.38. The molecule has 1 aliphatic heterocycles. The number of benzene rings is 1. The third-order valence-electron chi connectivity index (χ3n) is 4.35. The minimum absolute atomic E-state index is 0.0469. The van der Waals surface area contributed by atoms with Crippen molar-refractivity contribution in [2.24, 2.45) is 5.92 Å². The Morgan fingerprint density at radius 3 is 2.25 bits per heavy atom. The molecule has 1 saturated heterocycles. The van der Waals surface area contributed by atoms with Gasteiger partial charge in [-0.25, -0.2) is 4.79 Å². The number of likely N-dealkylation sites (tertiary alicyclic amines) is 1. The summed E-state index contributed by atoms with van der Waals surface area (Å²) < 4.78 is 39.3. The van der Waals surface area contributed by atoms with Crippen molar-refractivity contribution in [1.29, 1.82) is 0 Å². The fourth-order valence-corrected chi connectivity index (χ4v) is 3.04. The van der Waals surface area contributed by atoms with Gasteiger partial charge in [-0.3, -0.25) is 4.79 Å². The van der Waals surface area contributed by atoms with E-state index in [0.29, 0.717) is 31.5 Å². The third kappa shape index (κ3) is 3.88. The molecule has 0 atom stereocenters. The number of carboxylic acids is 1. The molecule has 0 radical (unpaired) electrons. The largest absolute Gasteiger partial charge is 0.478 e. The summed E-state index contributed by atoms with van der Waals surface area (Å²) in [4.78, 5) is 24.7. The van der Waals surface area contributed by atoms with Crippen LogP contribution in [0.5, 0.6) is 0 Å². The van der Waals surface area contributed by atoms with E-state index in [1.807, 2.05) is 13.8 Å². The number of nitrogens with zero attached hydrogens (tertiary/aromatic N) is 1. The molecule has 1 aromatic carbocycles. The van der Waals surface area contributed by atoms with Gasteiger partial charge in [-0.1, -0.05) is 19.9 Å². The van der Waals surface area contributed by atoms with Gasteiger partial charge >= 0.3 is 12.1 Å². The number of aromatic carboxylic acids is 1. The maximum Gasteiger partial charge on any atom is 0.417 e. The summed E-state index contributed by atoms with van der Waals surface area (Å²) >= 11 is 0. The van der Waals surface area contributed by atoms with E-state index in [1.54, 1.807) is 4.90 Å². The molecule has 2 rings (SSSR count). The van der Waals surface area contributed by atoms with Crippen molar-refractivity contribution in [3.63, 3.8) is 0 Å². The highest BCUT2D eigenvalue weighted by molar-refractivity contribution is 5.89. The molecule has 0 unspecified atom stereocenters. The zero-order valence-electron chi connectivity index (χ0n) is 13.6. The zero-order valence-corrected chi connectivity index (χ0v) is 13.6. The van der Waals surface area contributed by atoms with Crippen LogP contribution < -0.4 is 0 Å². The number of rotatable bonds is 3. The van der Waals surface area contributed by atoms with Crippen molar-refractivity contribution in [2.45, 2.75) is 38.8 Å². The van der Waals surface area contributed by atoms with E-state index in [9.17, 15) is 22.8 Å². The molecule has 0 saturated carbocycles. The van der Waals surface area contributed by atoms with E-state index in [4.69, 9.17) is 5.11 Å². The van der Waals surface area contributed by atoms with Crippen LogP contribution >= 0.6 is 0 Å². The molecule has 132 valence electrons. The quantitative estimate of drug-likeness (QED) is 0.909. The molecule has 1 amide bonds. The Hall–Kier alpha value is -2.05. The summed E-state index contributed by atoms with van der Waals surface area (Å²) in [6.07, 6.45) is -3.57. The van der Waals surface area contributed by atoms with E-state index in [1.165, 1.54) is 6.07 Å². The maximum atomic E-state index is 13.1. The highest BCUT2D eigenvalue weighted by atomic mass is 19.4. The Bertz CT molecular complexity index is 632. The molecule has 0 spiro atoms. The van der Waals surface area contributed by atoms with E-state index < -0.39 is 23.3 Å². The first kappa shape index (κ1) is 18.3. The summed E-state index contributed by atoms with van der Waals surface area (Å²) in [5, 5.41) is 8.93. The molecule has 1 aliphatic rings. The van der Waals surface area contributed by atoms with Gasteiger partial charge in [-0.05, 0) is 36.5 Å². The molecule has 1 N–H and O–H groups in total. The fourth-order valence-electron chi connectivity index (χ4n) is 3.04. The lowest BCUT2D eigenvalue weighted by molar-refractivity contribution is -0.138. The minimum Gasteiger partial charge on any atom is -0.478 e. The third-order valence-corrected chi connectivity index (χ3v) is 4.35. The summed E-state index contributed by atoms with van der Waals surface area (Å²) in [6.45, 7) is 4.64. The highest BCUT2D eigenvalue weighted by Crippen LogP contribution is 2.36. The summed E-state index contributed by atoms with van der Waals surface area (Å²) in [5.74, 6) is -1.75. The van der Waals surface area contributed by atoms with Gasteiger partial charge in [-0.2, -0.15) is 13.2 Å². The van der Waals surface area contributed by atoms with E-state index in [-0.39, 0.29) is 17.7 Å². The molecule has 0 bridgehead atoms. The average Bonchev–Trinajstić information content (AvgIpc) is 2.52. The Morgan fingerprint density at radius 1 is 1.21 bits per heavy atom. The average molecular weight is 343 g/mol. The SMILES string of the molecule is CC(C)C(=O)N1CCC(c2ccc(C(=O)O)c(C(F)(F)F)c2)CC1. The highest BCUT2D eigenvalue weighted by Gasteiger charge is 2.36. The van der Waals surface area contributed by atoms with Crippen molar-refractivity contribution >= 4 is 11.9 Å². The number of carbonyl (C=O) groups is 2. The van der Waals surface area contributed by atoms with Crippen molar-refractivity contribution < 1.29 is 27.9 Å². The van der Waals surface area contributed by atoms with Crippen molar-refractivity contribution in [3.8, 4) is 0 Å². The number of alkyl halides is 3. The smallest absolute Gasteiger partial charge is 0.417 e. The maximum absolute atomic E-state index is 13.1. The van der Waals surface area contributed by atoms with Crippen LogP contribution in [0.15, 0.2) is 18.2 Å². The second-order valence-electron chi connectivity index (χ2n) is 6.36. The summed E-state index contributed by atoms with van der Waals surface area (Å²) in [7, 11) is 0. The molecule has 7 heteroatoms. The molecule has 1 heterocycles. The number of hydrogen-bond acceptors (Lipinski definition) is 2. The fraction of sp³-hybridized carbons (Fsp3) is 0.529. The van der Waals surface area contributed by atoms with Gasteiger partial charge in [0.15, 0.2) is 0 Å². The number of amides is 1. The topological polar surface area (TPSA) is 57.6 Å². The lowest BCUT2D eigenvalue weighted by Crippen LogP contribution is -2.40. The predicted molar refractivity (Wildman–Crippen MR) is 81.8 cm³/mol. The predicted octanol–water partition coefficient (Wildman–Crippen LogP) is 3.77. The lowest BCUT2D eigenvalue weighted by atomic mass is 9.87. The number of carbonyl (C=O) groups excluding carboxylic acids is 1. The summed E-state index contributed by atoms with van der Waals surface area (Å²) in [6, 6.07) is 3.41. The normalized spacial score (nSPS) is 16.5. The molecule has 1 aromatic rings. The van der Waals surface area contributed by atoms with Crippen LogP contribution in [0.1, 0.15) is 54.1 Å². The molecule has 0 aromatic heterocycles. The first-order valence-electron chi connectivity index (χ1n) is 7.84. The number of piperidine rings is 1. The van der Waals surface area contributed by atoms with E-state index in [0.717, 1.165) is 12.1 Å². The molecule has 4 nitrogen and oxygen atoms in total. The number of hydrogen-bond donors (Lipinski definition) is 1. The first-order valence-corrected chi connectivity index (χ1v) is 7.84. The molecule has 24 heavy (non-hydrogen) atoms. The Balaban J connectivity index is 2.20. The van der Waals surface area contributed by atoms with Gasteiger partial charge < -0.3 is 10.0 Å². The monoisotopic (exact) mass is 343 g/mol. The van der Waals surface area contributed by atoms with E-state index in [2.05, 4.69) is 0 Å².